The Morgan fingerprint density at radius 1 is 1.32 bits per heavy atom. The van der Waals surface area contributed by atoms with E-state index in [1.165, 1.54) is 5.56 Å². The Balaban J connectivity index is 0.00000392. The summed E-state index contributed by atoms with van der Waals surface area (Å²) in [6.45, 7) is 6.57. The summed E-state index contributed by atoms with van der Waals surface area (Å²) in [5.74, 6) is 2.94. The zero-order valence-corrected chi connectivity index (χ0v) is 20.6. The van der Waals surface area contributed by atoms with Crippen LogP contribution in [-0.2, 0) is 13.0 Å². The normalized spacial score (nSPS) is 12.4. The summed E-state index contributed by atoms with van der Waals surface area (Å²) in [6.07, 6.45) is 5.84. The fourth-order valence-corrected chi connectivity index (χ4v) is 3.17. The molecule has 0 saturated carbocycles. The molecule has 0 saturated heterocycles. The number of halogens is 2. The largest absolute Gasteiger partial charge is 0.355 e. The molecule has 2 aromatic rings. The lowest BCUT2D eigenvalue weighted by Gasteiger charge is -2.19. The lowest BCUT2D eigenvalue weighted by atomic mass is 10.1. The Morgan fingerprint density at radius 2 is 2.07 bits per heavy atom. The molecule has 1 heterocycles. The summed E-state index contributed by atoms with van der Waals surface area (Å²) in [6, 6.07) is 8.04. The van der Waals surface area contributed by atoms with Crippen LogP contribution in [0.25, 0.3) is 0 Å². The molecule has 0 fully saturated rings. The van der Waals surface area contributed by atoms with Crippen molar-refractivity contribution in [3.63, 3.8) is 0 Å². The number of aryl methyl sites for hydroxylation is 1. The lowest BCUT2D eigenvalue weighted by molar-refractivity contribution is 0.619. The number of hydrogen-bond acceptors (Lipinski definition) is 4. The zero-order valence-electron chi connectivity index (χ0n) is 16.7. The molecule has 1 aromatic carbocycles. The number of aliphatic imine (C=N–C) groups is 1. The summed E-state index contributed by atoms with van der Waals surface area (Å²) in [5.41, 5.74) is 1.17. The first-order valence-corrected chi connectivity index (χ1v) is 11.1. The van der Waals surface area contributed by atoms with E-state index in [4.69, 9.17) is 16.6 Å². The molecule has 9 heteroatoms. The molecule has 2 rings (SSSR count). The van der Waals surface area contributed by atoms with Gasteiger partial charge in [0.2, 0.25) is 0 Å². The number of hydrogen-bond donors (Lipinski definition) is 2. The number of benzene rings is 1. The van der Waals surface area contributed by atoms with Crippen LogP contribution in [0.2, 0.25) is 5.02 Å². The summed E-state index contributed by atoms with van der Waals surface area (Å²) >= 11 is 7.84. The number of aromatic nitrogens is 3. The molecule has 0 spiro atoms. The molecular weight excluding hydrogens is 507 g/mol. The van der Waals surface area contributed by atoms with Gasteiger partial charge < -0.3 is 15.2 Å². The van der Waals surface area contributed by atoms with E-state index in [2.05, 4.69) is 45.5 Å². The highest BCUT2D eigenvalue weighted by atomic mass is 127. The van der Waals surface area contributed by atoms with Crippen molar-refractivity contribution in [3.05, 3.63) is 47.0 Å². The maximum absolute atomic E-state index is 5.99. The Morgan fingerprint density at radius 3 is 2.75 bits per heavy atom. The van der Waals surface area contributed by atoms with Crippen molar-refractivity contribution >= 4 is 53.3 Å². The van der Waals surface area contributed by atoms with Crippen molar-refractivity contribution in [1.29, 1.82) is 0 Å². The number of nitrogens with one attached hydrogen (secondary N) is 2. The van der Waals surface area contributed by atoms with E-state index in [9.17, 15) is 0 Å². The SMILES string of the molecule is CCc1nncn1CCNC(=NCCCSC)NC(C)c1ccc(Cl)cc1.I. The van der Waals surface area contributed by atoms with Crippen molar-refractivity contribution in [1.82, 2.24) is 25.4 Å². The Kier molecular flexibility index (Phi) is 12.6. The third-order valence-electron chi connectivity index (χ3n) is 4.16. The van der Waals surface area contributed by atoms with Gasteiger partial charge in [-0.1, -0.05) is 30.7 Å². The van der Waals surface area contributed by atoms with Crippen LogP contribution in [-0.4, -0.2) is 45.8 Å². The zero-order chi connectivity index (χ0) is 19.5. The van der Waals surface area contributed by atoms with Crippen LogP contribution in [0.3, 0.4) is 0 Å². The summed E-state index contributed by atoms with van der Waals surface area (Å²) in [4.78, 5) is 4.72. The van der Waals surface area contributed by atoms with Gasteiger partial charge in [-0.2, -0.15) is 11.8 Å². The smallest absolute Gasteiger partial charge is 0.191 e. The van der Waals surface area contributed by atoms with Gasteiger partial charge in [0.15, 0.2) is 5.96 Å². The maximum atomic E-state index is 5.99. The Hall–Kier alpha value is -1.000. The van der Waals surface area contributed by atoms with E-state index in [1.807, 2.05) is 36.0 Å². The third kappa shape index (κ3) is 8.57. The number of rotatable bonds is 10. The van der Waals surface area contributed by atoms with E-state index in [0.29, 0.717) is 0 Å². The molecule has 0 amide bonds. The average molecular weight is 537 g/mol. The first-order chi connectivity index (χ1) is 13.1. The first kappa shape index (κ1) is 25.0. The first-order valence-electron chi connectivity index (χ1n) is 9.30. The molecule has 2 N–H and O–H groups in total. The monoisotopic (exact) mass is 536 g/mol. The maximum Gasteiger partial charge on any atom is 0.191 e. The minimum absolute atomic E-state index is 0. The predicted octanol–water partition coefficient (Wildman–Crippen LogP) is 4.16. The highest BCUT2D eigenvalue weighted by Crippen LogP contribution is 2.15. The van der Waals surface area contributed by atoms with Crippen LogP contribution in [0.15, 0.2) is 35.6 Å². The molecule has 0 aliphatic heterocycles. The molecule has 6 nitrogen and oxygen atoms in total. The van der Waals surface area contributed by atoms with Crippen molar-refractivity contribution in [2.45, 2.75) is 39.3 Å². The predicted molar refractivity (Wildman–Crippen MR) is 131 cm³/mol. The minimum Gasteiger partial charge on any atom is -0.355 e. The van der Waals surface area contributed by atoms with Crippen LogP contribution in [0.5, 0.6) is 0 Å². The van der Waals surface area contributed by atoms with Gasteiger partial charge in [-0.05, 0) is 43.0 Å². The topological polar surface area (TPSA) is 67.1 Å². The average Bonchev–Trinajstić information content (AvgIpc) is 3.13. The second-order valence-electron chi connectivity index (χ2n) is 6.22. The van der Waals surface area contributed by atoms with E-state index in [0.717, 1.165) is 55.0 Å². The van der Waals surface area contributed by atoms with Crippen molar-refractivity contribution in [2.75, 3.05) is 25.1 Å². The van der Waals surface area contributed by atoms with Crippen LogP contribution < -0.4 is 10.6 Å². The van der Waals surface area contributed by atoms with Crippen LogP contribution in [0, 0.1) is 0 Å². The molecular formula is C19H30ClIN6S. The molecule has 1 aromatic heterocycles. The second-order valence-corrected chi connectivity index (χ2v) is 7.64. The van der Waals surface area contributed by atoms with Crippen LogP contribution in [0.4, 0.5) is 0 Å². The van der Waals surface area contributed by atoms with Crippen molar-refractivity contribution in [3.8, 4) is 0 Å². The fourth-order valence-electron chi connectivity index (χ4n) is 2.63. The van der Waals surface area contributed by atoms with E-state index in [1.54, 1.807) is 6.33 Å². The standard InChI is InChI=1S/C19H29ClN6S.HI/c1-4-18-25-23-14-26(18)12-11-22-19(21-10-5-13-27-3)24-15(2)16-6-8-17(20)9-7-16;/h6-9,14-15H,4-5,10-13H2,1-3H3,(H2,21,22,24);1H. The summed E-state index contributed by atoms with van der Waals surface area (Å²) in [7, 11) is 0. The van der Waals surface area contributed by atoms with Crippen molar-refractivity contribution < 1.29 is 0 Å². The van der Waals surface area contributed by atoms with Crippen molar-refractivity contribution in [2.24, 2.45) is 4.99 Å². The number of nitrogens with zero attached hydrogens (tertiary/aromatic N) is 4. The van der Waals surface area contributed by atoms with Gasteiger partial charge in [0, 0.05) is 31.1 Å². The lowest BCUT2D eigenvalue weighted by Crippen LogP contribution is -2.40. The molecule has 0 bridgehead atoms. The van der Waals surface area contributed by atoms with Gasteiger partial charge in [-0.3, -0.25) is 4.99 Å². The van der Waals surface area contributed by atoms with E-state index in [-0.39, 0.29) is 30.0 Å². The van der Waals surface area contributed by atoms with Gasteiger partial charge in [0.25, 0.3) is 0 Å². The van der Waals surface area contributed by atoms with E-state index < -0.39 is 0 Å². The molecule has 28 heavy (non-hydrogen) atoms. The summed E-state index contributed by atoms with van der Waals surface area (Å²) in [5, 5.41) is 15.8. The molecule has 0 aliphatic rings. The third-order valence-corrected chi connectivity index (χ3v) is 5.11. The Bertz CT molecular complexity index is 707. The number of guanidine groups is 1. The second kappa shape index (κ2) is 14.1. The van der Waals surface area contributed by atoms with Gasteiger partial charge in [-0.15, -0.1) is 34.2 Å². The van der Waals surface area contributed by atoms with E-state index >= 15 is 0 Å². The van der Waals surface area contributed by atoms with Crippen LogP contribution >= 0.6 is 47.3 Å². The number of thioether (sulfide) groups is 1. The molecule has 0 radical (unpaired) electrons. The van der Waals surface area contributed by atoms with Gasteiger partial charge in [0.05, 0.1) is 6.04 Å². The van der Waals surface area contributed by atoms with Gasteiger partial charge >= 0.3 is 0 Å². The highest BCUT2D eigenvalue weighted by molar-refractivity contribution is 14.0. The summed E-state index contributed by atoms with van der Waals surface area (Å²) < 4.78 is 2.07. The molecule has 156 valence electrons. The Labute approximate surface area is 194 Å². The molecule has 0 aliphatic carbocycles. The molecule has 1 atom stereocenters. The minimum atomic E-state index is 0. The van der Waals surface area contributed by atoms with Gasteiger partial charge in [0.1, 0.15) is 12.2 Å². The van der Waals surface area contributed by atoms with Gasteiger partial charge in [-0.25, -0.2) is 0 Å². The molecule has 1 unspecified atom stereocenters. The quantitative estimate of drug-likeness (QED) is 0.207. The fraction of sp³-hybridized carbons (Fsp3) is 0.526. The van der Waals surface area contributed by atoms with Crippen LogP contribution in [0.1, 0.15) is 37.7 Å². The highest BCUT2D eigenvalue weighted by Gasteiger charge is 2.08.